The molecule has 3 N–H and O–H groups in total. The number of carbonyl (C=O) groups is 1. The van der Waals surface area contributed by atoms with Crippen molar-refractivity contribution in [3.63, 3.8) is 0 Å². The van der Waals surface area contributed by atoms with Gasteiger partial charge in [0.2, 0.25) is 0 Å². The lowest BCUT2D eigenvalue weighted by Crippen LogP contribution is -2.41. The van der Waals surface area contributed by atoms with Gasteiger partial charge in [-0.25, -0.2) is 8.78 Å². The van der Waals surface area contributed by atoms with Crippen LogP contribution in [0, 0.1) is 11.6 Å². The van der Waals surface area contributed by atoms with Gasteiger partial charge in [0, 0.05) is 42.8 Å². The zero-order valence-corrected chi connectivity index (χ0v) is 20.0. The van der Waals surface area contributed by atoms with E-state index in [1.54, 1.807) is 7.05 Å². The second-order valence-corrected chi connectivity index (χ2v) is 8.52. The SMILES string of the molecule is CNC[C@@]1(c2ccccc2)Cc2c(cc(F)c(Cl)c2-c2c(C(=O)NC)ccc(OCCO)c2F)O1. The summed E-state index contributed by atoms with van der Waals surface area (Å²) in [5.41, 5.74) is 0.207. The van der Waals surface area contributed by atoms with Crippen LogP contribution in [-0.2, 0) is 12.0 Å². The largest absolute Gasteiger partial charge is 0.488 e. The molecule has 3 aromatic rings. The van der Waals surface area contributed by atoms with Crippen molar-refractivity contribution in [2.45, 2.75) is 12.0 Å². The van der Waals surface area contributed by atoms with Crippen LogP contribution in [0.15, 0.2) is 48.5 Å². The second-order valence-electron chi connectivity index (χ2n) is 8.14. The van der Waals surface area contributed by atoms with Crippen LogP contribution in [0.25, 0.3) is 11.1 Å². The molecule has 0 saturated carbocycles. The molecule has 0 radical (unpaired) electrons. The Balaban J connectivity index is 1.98. The number of aliphatic hydroxyl groups is 1. The topological polar surface area (TPSA) is 79.8 Å². The minimum absolute atomic E-state index is 0.0288. The molecule has 6 nitrogen and oxygen atoms in total. The van der Waals surface area contributed by atoms with Crippen LogP contribution in [0.3, 0.4) is 0 Å². The zero-order chi connectivity index (χ0) is 25.2. The van der Waals surface area contributed by atoms with Gasteiger partial charge in [-0.05, 0) is 24.7 Å². The highest BCUT2D eigenvalue weighted by molar-refractivity contribution is 6.34. The molecule has 3 aromatic carbocycles. The van der Waals surface area contributed by atoms with Crippen molar-refractivity contribution in [1.82, 2.24) is 10.6 Å². The predicted octanol–water partition coefficient (Wildman–Crippen LogP) is 4.07. The molecule has 0 fully saturated rings. The van der Waals surface area contributed by atoms with Crippen LogP contribution in [0.5, 0.6) is 11.5 Å². The molecule has 0 spiro atoms. The summed E-state index contributed by atoms with van der Waals surface area (Å²) in [6.45, 7) is -0.110. The number of hydrogen-bond donors (Lipinski definition) is 3. The van der Waals surface area contributed by atoms with E-state index >= 15 is 8.78 Å². The van der Waals surface area contributed by atoms with Crippen molar-refractivity contribution in [2.24, 2.45) is 0 Å². The molecule has 1 aliphatic rings. The lowest BCUT2D eigenvalue weighted by Gasteiger charge is -2.29. The fourth-order valence-corrected chi connectivity index (χ4v) is 4.74. The monoisotopic (exact) mass is 502 g/mol. The highest BCUT2D eigenvalue weighted by Crippen LogP contribution is 2.50. The summed E-state index contributed by atoms with van der Waals surface area (Å²) in [5.74, 6) is -2.26. The predicted molar refractivity (Wildman–Crippen MR) is 129 cm³/mol. The minimum atomic E-state index is -0.904. The Morgan fingerprint density at radius 1 is 1.17 bits per heavy atom. The number of halogens is 3. The summed E-state index contributed by atoms with van der Waals surface area (Å²) in [5, 5.41) is 14.4. The van der Waals surface area contributed by atoms with E-state index in [9.17, 15) is 4.79 Å². The summed E-state index contributed by atoms with van der Waals surface area (Å²) in [4.78, 5) is 12.7. The fourth-order valence-electron chi connectivity index (χ4n) is 4.48. The van der Waals surface area contributed by atoms with Crippen molar-refractivity contribution < 1.29 is 28.2 Å². The summed E-state index contributed by atoms with van der Waals surface area (Å²) in [7, 11) is 3.19. The Labute approximate surface area is 206 Å². The third kappa shape index (κ3) is 4.45. The Hall–Kier alpha value is -3.20. The first-order valence-electron chi connectivity index (χ1n) is 11.1. The standard InChI is InChI=1S/C26H25ClF2N2O4/c1-30-14-26(15-6-4-3-5-7-15)13-17-20(35-26)12-18(28)23(27)21(17)22-16(25(33)31-2)8-9-19(24(22)29)34-11-10-32/h3-9,12,30,32H,10-11,13-14H2,1-2H3,(H,31,33)/t26-/m1/s1. The molecule has 184 valence electrons. The summed E-state index contributed by atoms with van der Waals surface area (Å²) in [6, 6.07) is 13.3. The van der Waals surface area contributed by atoms with Crippen LogP contribution in [0.1, 0.15) is 21.5 Å². The van der Waals surface area contributed by atoms with Gasteiger partial charge in [-0.15, -0.1) is 0 Å². The number of rotatable bonds is 8. The highest BCUT2D eigenvalue weighted by Gasteiger charge is 2.43. The van der Waals surface area contributed by atoms with Gasteiger partial charge in [0.05, 0.1) is 17.2 Å². The maximum absolute atomic E-state index is 15.9. The van der Waals surface area contributed by atoms with Crippen LogP contribution in [0.4, 0.5) is 8.78 Å². The molecule has 0 aromatic heterocycles. The molecule has 1 amide bonds. The average Bonchev–Trinajstić information content (AvgIpc) is 3.23. The van der Waals surface area contributed by atoms with Gasteiger partial charge in [0.15, 0.2) is 17.2 Å². The Morgan fingerprint density at radius 3 is 2.57 bits per heavy atom. The van der Waals surface area contributed by atoms with E-state index in [0.717, 1.165) is 5.56 Å². The maximum atomic E-state index is 15.9. The van der Waals surface area contributed by atoms with E-state index in [2.05, 4.69) is 10.6 Å². The molecule has 0 bridgehead atoms. The van der Waals surface area contributed by atoms with Gasteiger partial charge in [-0.2, -0.15) is 0 Å². The molecule has 1 heterocycles. The fraction of sp³-hybridized carbons (Fsp3) is 0.269. The van der Waals surface area contributed by atoms with Gasteiger partial charge >= 0.3 is 0 Å². The van der Waals surface area contributed by atoms with Crippen LogP contribution >= 0.6 is 11.6 Å². The Bertz CT molecular complexity index is 1260. The number of likely N-dealkylation sites (N-methyl/N-ethyl adjacent to an activating group) is 1. The van der Waals surface area contributed by atoms with Crippen LogP contribution in [-0.4, -0.2) is 44.9 Å². The lowest BCUT2D eigenvalue weighted by atomic mass is 9.85. The molecule has 0 unspecified atom stereocenters. The lowest BCUT2D eigenvalue weighted by molar-refractivity contribution is 0.0940. The van der Waals surface area contributed by atoms with E-state index in [1.807, 2.05) is 30.3 Å². The average molecular weight is 503 g/mol. The van der Waals surface area contributed by atoms with Crippen molar-refractivity contribution in [3.05, 3.63) is 81.9 Å². The number of ether oxygens (including phenoxy) is 2. The van der Waals surface area contributed by atoms with Crippen molar-refractivity contribution in [2.75, 3.05) is 33.9 Å². The van der Waals surface area contributed by atoms with Gasteiger partial charge < -0.3 is 25.2 Å². The van der Waals surface area contributed by atoms with E-state index in [0.29, 0.717) is 12.1 Å². The number of amides is 1. The van der Waals surface area contributed by atoms with Gasteiger partial charge in [-0.1, -0.05) is 41.9 Å². The van der Waals surface area contributed by atoms with Crippen LogP contribution in [0.2, 0.25) is 5.02 Å². The zero-order valence-electron chi connectivity index (χ0n) is 19.3. The molecule has 0 saturated heterocycles. The van der Waals surface area contributed by atoms with Gasteiger partial charge in [0.1, 0.15) is 18.2 Å². The number of fused-ring (bicyclic) bond motifs is 1. The van der Waals surface area contributed by atoms with Gasteiger partial charge in [0.25, 0.3) is 5.91 Å². The third-order valence-corrected chi connectivity index (χ3v) is 6.36. The summed E-state index contributed by atoms with van der Waals surface area (Å²) in [6.07, 6.45) is 0.247. The van der Waals surface area contributed by atoms with Crippen LogP contribution < -0.4 is 20.1 Å². The number of carbonyl (C=O) groups excluding carboxylic acids is 1. The summed E-state index contributed by atoms with van der Waals surface area (Å²) >= 11 is 6.45. The first-order chi connectivity index (χ1) is 16.9. The molecule has 35 heavy (non-hydrogen) atoms. The smallest absolute Gasteiger partial charge is 0.251 e. The Morgan fingerprint density at radius 2 is 1.91 bits per heavy atom. The highest BCUT2D eigenvalue weighted by atomic mass is 35.5. The second kappa shape index (κ2) is 10.2. The Kier molecular flexibility index (Phi) is 7.25. The normalized spacial score (nSPS) is 16.5. The molecule has 1 aliphatic heterocycles. The van der Waals surface area contributed by atoms with Crippen molar-refractivity contribution in [1.29, 1.82) is 0 Å². The quantitative estimate of drug-likeness (QED) is 0.433. The van der Waals surface area contributed by atoms with E-state index in [-0.39, 0.29) is 52.8 Å². The maximum Gasteiger partial charge on any atom is 0.251 e. The van der Waals surface area contributed by atoms with E-state index in [1.165, 1.54) is 25.2 Å². The number of benzene rings is 3. The number of hydrogen-bond acceptors (Lipinski definition) is 5. The van der Waals surface area contributed by atoms with Gasteiger partial charge in [-0.3, -0.25) is 4.79 Å². The van der Waals surface area contributed by atoms with E-state index < -0.39 is 23.1 Å². The third-order valence-electron chi connectivity index (χ3n) is 5.99. The van der Waals surface area contributed by atoms with E-state index in [4.69, 9.17) is 26.2 Å². The van der Waals surface area contributed by atoms with Crippen molar-refractivity contribution >= 4 is 17.5 Å². The van der Waals surface area contributed by atoms with Crippen molar-refractivity contribution in [3.8, 4) is 22.6 Å². The molecular formula is C26H25ClF2N2O4. The molecule has 0 aliphatic carbocycles. The molecule has 9 heteroatoms. The summed E-state index contributed by atoms with van der Waals surface area (Å²) < 4.78 is 42.6. The number of nitrogens with one attached hydrogen (secondary N) is 2. The number of aliphatic hydroxyl groups excluding tert-OH is 1. The molecule has 4 rings (SSSR count). The first kappa shape index (κ1) is 24.9. The molecule has 1 atom stereocenters. The first-order valence-corrected chi connectivity index (χ1v) is 11.4. The molecular weight excluding hydrogens is 478 g/mol. The minimum Gasteiger partial charge on any atom is -0.488 e.